The molecule has 3 aromatic heterocycles. The molecule has 0 saturated carbocycles. The number of fused-ring (bicyclic) bond motifs is 1. The predicted octanol–water partition coefficient (Wildman–Crippen LogP) is 4.65. The second kappa shape index (κ2) is 9.74. The number of carbonyl (C=O) groups is 1. The molecule has 0 aliphatic heterocycles. The van der Waals surface area contributed by atoms with Crippen LogP contribution in [0.2, 0.25) is 0 Å². The Morgan fingerprint density at radius 1 is 1.14 bits per heavy atom. The maximum Gasteiger partial charge on any atom is 0.253 e. The van der Waals surface area contributed by atoms with Gasteiger partial charge in [0.25, 0.3) is 11.5 Å². The summed E-state index contributed by atoms with van der Waals surface area (Å²) in [5.41, 5.74) is 6.12. The van der Waals surface area contributed by atoms with E-state index in [2.05, 4.69) is 56.3 Å². The third-order valence-electron chi connectivity index (χ3n) is 6.13. The number of pyridine rings is 1. The number of aromatic nitrogens is 4. The molecule has 35 heavy (non-hydrogen) atoms. The quantitative estimate of drug-likeness (QED) is 0.363. The Morgan fingerprint density at radius 3 is 2.60 bits per heavy atom. The first-order valence-electron chi connectivity index (χ1n) is 11.9. The zero-order chi connectivity index (χ0) is 25.3. The second-order valence-electron chi connectivity index (χ2n) is 9.15. The van der Waals surface area contributed by atoms with Gasteiger partial charge in [-0.05, 0) is 76.9 Å². The Kier molecular flexibility index (Phi) is 6.73. The number of amides is 1. The molecule has 8 heteroatoms. The van der Waals surface area contributed by atoms with Gasteiger partial charge in [0, 0.05) is 64.8 Å². The van der Waals surface area contributed by atoms with Crippen molar-refractivity contribution in [3.8, 4) is 11.3 Å². The maximum absolute atomic E-state index is 13.5. The fourth-order valence-corrected chi connectivity index (χ4v) is 4.47. The number of rotatable bonds is 7. The van der Waals surface area contributed by atoms with Crippen LogP contribution in [0.3, 0.4) is 0 Å². The van der Waals surface area contributed by atoms with Crippen LogP contribution in [0.1, 0.15) is 59.6 Å². The molecule has 0 unspecified atom stereocenters. The zero-order valence-corrected chi connectivity index (χ0v) is 21.1. The summed E-state index contributed by atoms with van der Waals surface area (Å²) in [5, 5.41) is 7.01. The molecule has 3 heterocycles. The minimum Gasteiger partial charge on any atom is -0.354 e. The summed E-state index contributed by atoms with van der Waals surface area (Å²) in [6.07, 6.45) is 3.79. The van der Waals surface area contributed by atoms with E-state index in [9.17, 15) is 9.59 Å². The van der Waals surface area contributed by atoms with Crippen molar-refractivity contribution < 1.29 is 4.79 Å². The number of aryl methyl sites for hydroxylation is 3. The lowest BCUT2D eigenvalue weighted by atomic mass is 10.0. The molecule has 0 aliphatic carbocycles. The summed E-state index contributed by atoms with van der Waals surface area (Å²) in [6.45, 7) is 12.8. The average molecular weight is 473 g/mol. The number of carbonyl (C=O) groups excluding carboxylic acids is 1. The van der Waals surface area contributed by atoms with Gasteiger partial charge in [-0.3, -0.25) is 9.59 Å². The van der Waals surface area contributed by atoms with Crippen LogP contribution in [0.25, 0.3) is 22.2 Å². The van der Waals surface area contributed by atoms with Crippen LogP contribution in [0.15, 0.2) is 41.5 Å². The van der Waals surface area contributed by atoms with E-state index in [1.165, 1.54) is 0 Å². The average Bonchev–Trinajstić information content (AvgIpc) is 3.15. The molecule has 0 fully saturated rings. The molecule has 182 valence electrons. The lowest BCUT2D eigenvalue weighted by Crippen LogP contribution is -2.28. The number of aromatic amines is 1. The van der Waals surface area contributed by atoms with Crippen molar-refractivity contribution in [2.45, 2.75) is 54.1 Å². The molecule has 4 rings (SSSR count). The predicted molar refractivity (Wildman–Crippen MR) is 140 cm³/mol. The first kappa shape index (κ1) is 24.2. The summed E-state index contributed by atoms with van der Waals surface area (Å²) >= 11 is 0. The Balaban J connectivity index is 1.81. The van der Waals surface area contributed by atoms with Gasteiger partial charge in [-0.15, -0.1) is 0 Å². The summed E-state index contributed by atoms with van der Waals surface area (Å²) in [4.78, 5) is 37.7. The summed E-state index contributed by atoms with van der Waals surface area (Å²) in [5.74, 6) is 0.308. The van der Waals surface area contributed by atoms with Gasteiger partial charge in [0.05, 0.1) is 5.69 Å². The topological polar surface area (TPSA) is 105 Å². The molecule has 3 N–H and O–H groups in total. The Labute approximate surface area is 204 Å². The van der Waals surface area contributed by atoms with Crippen molar-refractivity contribution in [3.63, 3.8) is 0 Å². The van der Waals surface area contributed by atoms with Gasteiger partial charge in [0.2, 0.25) is 5.95 Å². The largest absolute Gasteiger partial charge is 0.354 e. The Hall–Kier alpha value is -3.94. The van der Waals surface area contributed by atoms with Crippen LogP contribution in [-0.2, 0) is 6.54 Å². The fourth-order valence-electron chi connectivity index (χ4n) is 4.47. The van der Waals surface area contributed by atoms with Crippen molar-refractivity contribution in [1.82, 2.24) is 24.8 Å². The first-order valence-corrected chi connectivity index (χ1v) is 11.9. The maximum atomic E-state index is 13.5. The Bertz CT molecular complexity index is 1460. The summed E-state index contributed by atoms with van der Waals surface area (Å²) < 4.78 is 2.17. The normalized spacial score (nSPS) is 11.3. The van der Waals surface area contributed by atoms with Crippen LogP contribution >= 0.6 is 0 Å². The molecule has 4 aromatic rings. The highest BCUT2D eigenvalue weighted by Gasteiger charge is 2.20. The molecule has 0 aliphatic rings. The van der Waals surface area contributed by atoms with Crippen molar-refractivity contribution in [2.24, 2.45) is 0 Å². The molecule has 1 amide bonds. The van der Waals surface area contributed by atoms with Gasteiger partial charge in [-0.25, -0.2) is 9.97 Å². The molecule has 8 nitrogen and oxygen atoms in total. The van der Waals surface area contributed by atoms with Gasteiger partial charge in [0.15, 0.2) is 0 Å². The van der Waals surface area contributed by atoms with E-state index in [0.29, 0.717) is 23.6 Å². The van der Waals surface area contributed by atoms with Gasteiger partial charge in [-0.2, -0.15) is 0 Å². The highest BCUT2D eigenvalue weighted by atomic mass is 16.1. The van der Waals surface area contributed by atoms with Crippen molar-refractivity contribution in [1.29, 1.82) is 0 Å². The minimum atomic E-state index is -0.234. The lowest BCUT2D eigenvalue weighted by Gasteiger charge is -2.14. The molecular formula is C27H32N6O2. The highest BCUT2D eigenvalue weighted by molar-refractivity contribution is 6.09. The molecule has 0 atom stereocenters. The van der Waals surface area contributed by atoms with Crippen molar-refractivity contribution in [2.75, 3.05) is 11.9 Å². The number of anilines is 1. The van der Waals surface area contributed by atoms with E-state index in [0.717, 1.165) is 39.0 Å². The number of H-pyrrole nitrogens is 1. The molecule has 0 saturated heterocycles. The van der Waals surface area contributed by atoms with Gasteiger partial charge < -0.3 is 20.2 Å². The number of hydrogen-bond donors (Lipinski definition) is 3. The van der Waals surface area contributed by atoms with Gasteiger partial charge in [-0.1, -0.05) is 0 Å². The third-order valence-corrected chi connectivity index (χ3v) is 6.13. The van der Waals surface area contributed by atoms with E-state index in [1.807, 2.05) is 45.9 Å². The number of nitrogens with one attached hydrogen (secondary N) is 3. The lowest BCUT2D eigenvalue weighted by molar-refractivity contribution is 0.0952. The van der Waals surface area contributed by atoms with E-state index < -0.39 is 0 Å². The van der Waals surface area contributed by atoms with Gasteiger partial charge in [0.1, 0.15) is 0 Å². The first-order chi connectivity index (χ1) is 16.7. The van der Waals surface area contributed by atoms with Crippen molar-refractivity contribution in [3.05, 3.63) is 75.0 Å². The monoisotopic (exact) mass is 472 g/mol. The van der Waals surface area contributed by atoms with Crippen molar-refractivity contribution >= 4 is 22.8 Å². The van der Waals surface area contributed by atoms with Gasteiger partial charge >= 0.3 is 0 Å². The van der Waals surface area contributed by atoms with Crippen LogP contribution < -0.4 is 16.2 Å². The molecular weight excluding hydrogens is 440 g/mol. The number of benzene rings is 1. The minimum absolute atomic E-state index is 0.147. The SMILES string of the molecule is CCNc1nccc(-c2cc(C(=O)NCc3c(C)cc(C)[nH]c3=O)c3c(C)cn(C(C)C)c3c2)n1. The fraction of sp³-hybridized carbons (Fsp3) is 0.333. The standard InChI is InChI=1S/C27H32N6O2/c1-7-28-27-29-9-8-22(32-27)19-11-20(24-17(5)14-33(15(2)3)23(24)12-19)25(34)30-13-21-16(4)10-18(6)31-26(21)35/h8-12,14-15H,7,13H2,1-6H3,(H,30,34)(H,31,35)(H,28,29,32). The van der Waals surface area contributed by atoms with Crippen LogP contribution in [0.4, 0.5) is 5.95 Å². The van der Waals surface area contributed by atoms with E-state index in [-0.39, 0.29) is 24.1 Å². The van der Waals surface area contributed by atoms with E-state index >= 15 is 0 Å². The van der Waals surface area contributed by atoms with E-state index in [4.69, 9.17) is 0 Å². The number of hydrogen-bond acceptors (Lipinski definition) is 5. The summed E-state index contributed by atoms with van der Waals surface area (Å²) in [7, 11) is 0. The molecule has 0 bridgehead atoms. The van der Waals surface area contributed by atoms with Crippen LogP contribution in [0.5, 0.6) is 0 Å². The number of nitrogens with zero attached hydrogens (tertiary/aromatic N) is 3. The summed E-state index contributed by atoms with van der Waals surface area (Å²) in [6, 6.07) is 7.92. The smallest absolute Gasteiger partial charge is 0.253 e. The second-order valence-corrected chi connectivity index (χ2v) is 9.15. The molecule has 0 radical (unpaired) electrons. The van der Waals surface area contributed by atoms with Crippen LogP contribution in [0, 0.1) is 20.8 Å². The third kappa shape index (κ3) is 4.82. The highest BCUT2D eigenvalue weighted by Crippen LogP contribution is 2.32. The van der Waals surface area contributed by atoms with E-state index in [1.54, 1.807) is 6.20 Å². The zero-order valence-electron chi connectivity index (χ0n) is 21.1. The van der Waals surface area contributed by atoms with Crippen LogP contribution in [-0.4, -0.2) is 32.0 Å². The Morgan fingerprint density at radius 2 is 1.91 bits per heavy atom. The molecule has 0 spiro atoms. The molecule has 1 aromatic carbocycles.